The molecular weight excluding hydrogens is 210 g/mol. The van der Waals surface area contributed by atoms with Gasteiger partial charge in [-0.3, -0.25) is 11.3 Å². The SMILES string of the molecule is CCCCCC(NN)c1ccc(F)c(F)c1. The summed E-state index contributed by atoms with van der Waals surface area (Å²) in [5.41, 5.74) is 3.33. The number of hydrogen-bond acceptors (Lipinski definition) is 2. The summed E-state index contributed by atoms with van der Waals surface area (Å²) in [4.78, 5) is 0. The Morgan fingerprint density at radius 3 is 2.56 bits per heavy atom. The van der Waals surface area contributed by atoms with E-state index in [1.54, 1.807) is 6.07 Å². The summed E-state index contributed by atoms with van der Waals surface area (Å²) in [5.74, 6) is 3.76. The first-order valence-electron chi connectivity index (χ1n) is 5.60. The average molecular weight is 228 g/mol. The van der Waals surface area contributed by atoms with Gasteiger partial charge >= 0.3 is 0 Å². The van der Waals surface area contributed by atoms with Crippen molar-refractivity contribution in [3.8, 4) is 0 Å². The number of hydrazine groups is 1. The molecule has 0 spiro atoms. The van der Waals surface area contributed by atoms with Gasteiger partial charge in [-0.25, -0.2) is 8.78 Å². The number of benzene rings is 1. The largest absolute Gasteiger partial charge is 0.271 e. The molecule has 0 aliphatic rings. The summed E-state index contributed by atoms with van der Waals surface area (Å²) in [7, 11) is 0. The van der Waals surface area contributed by atoms with E-state index in [9.17, 15) is 8.78 Å². The van der Waals surface area contributed by atoms with Crippen LogP contribution in [-0.4, -0.2) is 0 Å². The Balaban J connectivity index is 2.67. The molecule has 0 fully saturated rings. The van der Waals surface area contributed by atoms with Crippen LogP contribution in [-0.2, 0) is 0 Å². The third-order valence-corrected chi connectivity index (χ3v) is 2.64. The highest BCUT2D eigenvalue weighted by Gasteiger charge is 2.11. The number of hydrogen-bond donors (Lipinski definition) is 2. The Morgan fingerprint density at radius 2 is 2.00 bits per heavy atom. The molecule has 90 valence electrons. The van der Waals surface area contributed by atoms with Crippen LogP contribution in [0.3, 0.4) is 0 Å². The Bertz CT molecular complexity index is 329. The first-order chi connectivity index (χ1) is 7.69. The van der Waals surface area contributed by atoms with E-state index in [0.29, 0.717) is 5.56 Å². The molecule has 1 rings (SSSR count). The van der Waals surface area contributed by atoms with E-state index in [0.717, 1.165) is 31.7 Å². The van der Waals surface area contributed by atoms with Crippen LogP contribution in [0.1, 0.15) is 44.2 Å². The molecule has 0 aliphatic heterocycles. The highest BCUT2D eigenvalue weighted by Crippen LogP contribution is 2.20. The van der Waals surface area contributed by atoms with E-state index in [1.807, 2.05) is 0 Å². The van der Waals surface area contributed by atoms with Gasteiger partial charge in [0.1, 0.15) is 0 Å². The maximum Gasteiger partial charge on any atom is 0.159 e. The van der Waals surface area contributed by atoms with Crippen LogP contribution >= 0.6 is 0 Å². The number of halogens is 2. The number of nitrogens with two attached hydrogens (primary N) is 1. The van der Waals surface area contributed by atoms with Crippen molar-refractivity contribution in [1.82, 2.24) is 5.43 Å². The summed E-state index contributed by atoms with van der Waals surface area (Å²) >= 11 is 0. The van der Waals surface area contributed by atoms with Crippen LogP contribution in [0, 0.1) is 11.6 Å². The van der Waals surface area contributed by atoms with Gasteiger partial charge in [0.2, 0.25) is 0 Å². The lowest BCUT2D eigenvalue weighted by Gasteiger charge is -2.16. The summed E-state index contributed by atoms with van der Waals surface area (Å²) in [5, 5.41) is 0. The normalized spacial score (nSPS) is 12.8. The quantitative estimate of drug-likeness (QED) is 0.446. The second-order valence-corrected chi connectivity index (χ2v) is 3.89. The molecule has 0 aromatic heterocycles. The lowest BCUT2D eigenvalue weighted by atomic mass is 10.0. The minimum atomic E-state index is -0.826. The van der Waals surface area contributed by atoms with Gasteiger partial charge in [0.15, 0.2) is 11.6 Å². The molecule has 0 saturated carbocycles. The molecule has 4 heteroatoms. The fourth-order valence-corrected chi connectivity index (χ4v) is 1.67. The van der Waals surface area contributed by atoms with E-state index in [-0.39, 0.29) is 6.04 Å². The molecule has 0 bridgehead atoms. The molecule has 0 radical (unpaired) electrons. The van der Waals surface area contributed by atoms with Crippen LogP contribution in [0.25, 0.3) is 0 Å². The molecule has 0 saturated heterocycles. The average Bonchev–Trinajstić information content (AvgIpc) is 2.29. The second kappa shape index (κ2) is 6.55. The standard InChI is InChI=1S/C12H18F2N2/c1-2-3-4-5-12(16-15)9-6-7-10(13)11(14)8-9/h6-8,12,16H,2-5,15H2,1H3. The summed E-state index contributed by atoms with van der Waals surface area (Å²) < 4.78 is 25.8. The highest BCUT2D eigenvalue weighted by molar-refractivity contribution is 5.21. The summed E-state index contributed by atoms with van der Waals surface area (Å²) in [6.07, 6.45) is 4.08. The van der Waals surface area contributed by atoms with Crippen LogP contribution in [0.5, 0.6) is 0 Å². The first-order valence-corrected chi connectivity index (χ1v) is 5.60. The fraction of sp³-hybridized carbons (Fsp3) is 0.500. The number of rotatable bonds is 6. The van der Waals surface area contributed by atoms with Gasteiger partial charge in [-0.05, 0) is 24.1 Å². The van der Waals surface area contributed by atoms with Gasteiger partial charge in [-0.1, -0.05) is 32.3 Å². The molecular formula is C12H18F2N2. The molecule has 2 nitrogen and oxygen atoms in total. The van der Waals surface area contributed by atoms with Crippen LogP contribution in [0.15, 0.2) is 18.2 Å². The predicted molar refractivity (Wildman–Crippen MR) is 60.6 cm³/mol. The lowest BCUT2D eigenvalue weighted by molar-refractivity contribution is 0.473. The van der Waals surface area contributed by atoms with E-state index in [2.05, 4.69) is 12.3 Å². The fourth-order valence-electron chi connectivity index (χ4n) is 1.67. The number of nitrogens with one attached hydrogen (secondary N) is 1. The Hall–Kier alpha value is -1.00. The van der Waals surface area contributed by atoms with Crippen LogP contribution < -0.4 is 11.3 Å². The van der Waals surface area contributed by atoms with Crippen molar-refractivity contribution in [2.45, 2.75) is 38.6 Å². The van der Waals surface area contributed by atoms with Crippen molar-refractivity contribution in [1.29, 1.82) is 0 Å². The molecule has 0 heterocycles. The predicted octanol–water partition coefficient (Wildman–Crippen LogP) is 3.05. The highest BCUT2D eigenvalue weighted by atomic mass is 19.2. The van der Waals surface area contributed by atoms with Gasteiger partial charge in [0.05, 0.1) is 0 Å². The molecule has 1 aromatic rings. The second-order valence-electron chi connectivity index (χ2n) is 3.89. The van der Waals surface area contributed by atoms with Crippen LogP contribution in [0.4, 0.5) is 8.78 Å². The van der Waals surface area contributed by atoms with Crippen molar-refractivity contribution < 1.29 is 8.78 Å². The van der Waals surface area contributed by atoms with Crippen molar-refractivity contribution in [3.63, 3.8) is 0 Å². The first kappa shape index (κ1) is 13.1. The molecule has 3 N–H and O–H groups in total. The van der Waals surface area contributed by atoms with Crippen molar-refractivity contribution in [2.75, 3.05) is 0 Å². The lowest BCUT2D eigenvalue weighted by Crippen LogP contribution is -2.28. The molecule has 0 aliphatic carbocycles. The monoisotopic (exact) mass is 228 g/mol. The summed E-state index contributed by atoms with van der Waals surface area (Å²) in [6.45, 7) is 2.11. The maximum atomic E-state index is 13.0. The molecule has 1 atom stereocenters. The van der Waals surface area contributed by atoms with E-state index >= 15 is 0 Å². The van der Waals surface area contributed by atoms with Gasteiger partial charge in [-0.15, -0.1) is 0 Å². The third-order valence-electron chi connectivity index (χ3n) is 2.64. The zero-order valence-corrected chi connectivity index (χ0v) is 9.47. The Morgan fingerprint density at radius 1 is 1.25 bits per heavy atom. The van der Waals surface area contributed by atoms with Crippen molar-refractivity contribution in [2.24, 2.45) is 5.84 Å². The summed E-state index contributed by atoms with van der Waals surface area (Å²) in [6, 6.07) is 3.79. The van der Waals surface area contributed by atoms with E-state index in [4.69, 9.17) is 5.84 Å². The minimum Gasteiger partial charge on any atom is -0.271 e. The smallest absolute Gasteiger partial charge is 0.159 e. The minimum absolute atomic E-state index is 0.110. The molecule has 1 aromatic carbocycles. The van der Waals surface area contributed by atoms with Gasteiger partial charge < -0.3 is 0 Å². The molecule has 16 heavy (non-hydrogen) atoms. The number of unbranched alkanes of at least 4 members (excludes halogenated alkanes) is 2. The molecule has 1 unspecified atom stereocenters. The zero-order chi connectivity index (χ0) is 12.0. The van der Waals surface area contributed by atoms with Crippen molar-refractivity contribution >= 4 is 0 Å². The van der Waals surface area contributed by atoms with Gasteiger partial charge in [0.25, 0.3) is 0 Å². The molecule has 0 amide bonds. The maximum absolute atomic E-state index is 13.0. The van der Waals surface area contributed by atoms with Crippen LogP contribution in [0.2, 0.25) is 0 Å². The van der Waals surface area contributed by atoms with E-state index in [1.165, 1.54) is 6.07 Å². The topological polar surface area (TPSA) is 38.0 Å². The van der Waals surface area contributed by atoms with Gasteiger partial charge in [0, 0.05) is 6.04 Å². The van der Waals surface area contributed by atoms with Crippen molar-refractivity contribution in [3.05, 3.63) is 35.4 Å². The van der Waals surface area contributed by atoms with Gasteiger partial charge in [-0.2, -0.15) is 0 Å². The Labute approximate surface area is 94.8 Å². The van der Waals surface area contributed by atoms with E-state index < -0.39 is 11.6 Å². The third kappa shape index (κ3) is 3.54. The Kier molecular flexibility index (Phi) is 5.35. The zero-order valence-electron chi connectivity index (χ0n) is 9.47.